The van der Waals surface area contributed by atoms with Crippen LogP contribution in [0.1, 0.15) is 30.9 Å². The lowest BCUT2D eigenvalue weighted by Crippen LogP contribution is -2.37. The van der Waals surface area contributed by atoms with Crippen LogP contribution >= 0.6 is 0 Å². The van der Waals surface area contributed by atoms with Crippen LogP contribution in [0.15, 0.2) is 47.6 Å². The fourth-order valence-electron chi connectivity index (χ4n) is 3.09. The molecule has 1 nitrogen and oxygen atoms in total. The molecule has 1 aromatic carbocycles. The Morgan fingerprint density at radius 1 is 1.19 bits per heavy atom. The zero-order chi connectivity index (χ0) is 11.3. The van der Waals surface area contributed by atoms with Gasteiger partial charge in [-0.25, -0.2) is 0 Å². The molecular formula is C15H16O. The Bertz CT molecular complexity index is 510. The Morgan fingerprint density at radius 2 is 1.94 bits per heavy atom. The molecule has 0 heterocycles. The number of hydrogen-bond acceptors (Lipinski definition) is 1. The van der Waals surface area contributed by atoms with Gasteiger partial charge >= 0.3 is 0 Å². The zero-order valence-electron chi connectivity index (χ0n) is 9.95. The van der Waals surface area contributed by atoms with Gasteiger partial charge in [0, 0.05) is 13.0 Å². The first kappa shape index (κ1) is 9.86. The fourth-order valence-corrected chi connectivity index (χ4v) is 3.09. The van der Waals surface area contributed by atoms with Crippen LogP contribution in [-0.4, -0.2) is 7.11 Å². The number of allylic oxidation sites excluding steroid dienone is 2. The minimum absolute atomic E-state index is 0.310. The van der Waals surface area contributed by atoms with Gasteiger partial charge in [0.15, 0.2) is 0 Å². The molecule has 0 aromatic heterocycles. The Morgan fingerprint density at radius 3 is 2.69 bits per heavy atom. The largest absolute Gasteiger partial charge is 0.365 e. The number of rotatable bonds is 1. The molecule has 1 aromatic rings. The lowest BCUT2D eigenvalue weighted by molar-refractivity contribution is 0.0544. The maximum absolute atomic E-state index is 5.83. The number of methoxy groups -OCH3 is 1. The van der Waals surface area contributed by atoms with Gasteiger partial charge in [0.2, 0.25) is 0 Å². The van der Waals surface area contributed by atoms with Gasteiger partial charge in [0.25, 0.3) is 0 Å². The predicted molar refractivity (Wildman–Crippen MR) is 65.4 cm³/mol. The molecule has 0 fully saturated rings. The van der Waals surface area contributed by atoms with Crippen molar-refractivity contribution in [3.8, 4) is 0 Å². The molecule has 0 radical (unpaired) electrons. The molecule has 2 atom stereocenters. The van der Waals surface area contributed by atoms with Crippen LogP contribution in [0.4, 0.5) is 0 Å². The Labute approximate surface area is 96.4 Å². The van der Waals surface area contributed by atoms with E-state index in [0.29, 0.717) is 5.92 Å². The SMILES string of the molecule is COC12C=C(C)C(C=C1C)c1ccccc12. The molecule has 82 valence electrons. The highest BCUT2D eigenvalue weighted by Crippen LogP contribution is 2.51. The normalized spacial score (nSPS) is 30.8. The molecule has 1 heteroatoms. The van der Waals surface area contributed by atoms with Crippen LogP contribution in [0.3, 0.4) is 0 Å². The third kappa shape index (κ3) is 0.992. The van der Waals surface area contributed by atoms with Crippen molar-refractivity contribution in [2.24, 2.45) is 0 Å². The van der Waals surface area contributed by atoms with Crippen LogP contribution in [-0.2, 0) is 10.3 Å². The average Bonchev–Trinajstić information content (AvgIpc) is 2.31. The van der Waals surface area contributed by atoms with Gasteiger partial charge in [0.1, 0.15) is 5.60 Å². The highest BCUT2D eigenvalue weighted by molar-refractivity contribution is 5.58. The smallest absolute Gasteiger partial charge is 0.132 e. The van der Waals surface area contributed by atoms with Crippen molar-refractivity contribution in [1.82, 2.24) is 0 Å². The van der Waals surface area contributed by atoms with E-state index in [-0.39, 0.29) is 5.60 Å². The second kappa shape index (κ2) is 3.08. The standard InChI is InChI=1S/C15H16O/c1-10-9-15(16-3)11(2)8-13(10)12-6-4-5-7-14(12)15/h4-9,13H,1-3H3. The maximum Gasteiger partial charge on any atom is 0.132 e. The molecule has 0 aliphatic heterocycles. The van der Waals surface area contributed by atoms with Gasteiger partial charge in [-0.05, 0) is 36.6 Å². The first-order chi connectivity index (χ1) is 7.69. The van der Waals surface area contributed by atoms with E-state index in [9.17, 15) is 0 Å². The summed E-state index contributed by atoms with van der Waals surface area (Å²) in [4.78, 5) is 0. The Hall–Kier alpha value is -1.34. The Balaban J connectivity index is 2.33. The summed E-state index contributed by atoms with van der Waals surface area (Å²) in [5, 5.41) is 0. The van der Waals surface area contributed by atoms with Crippen LogP contribution in [0.2, 0.25) is 0 Å². The summed E-state index contributed by atoms with van der Waals surface area (Å²) in [6, 6.07) is 8.61. The van der Waals surface area contributed by atoms with E-state index in [1.54, 1.807) is 7.11 Å². The molecule has 16 heavy (non-hydrogen) atoms. The molecule has 3 aliphatic rings. The Kier molecular flexibility index (Phi) is 1.90. The molecule has 0 saturated heterocycles. The van der Waals surface area contributed by atoms with Crippen LogP contribution in [0, 0.1) is 0 Å². The van der Waals surface area contributed by atoms with E-state index in [2.05, 4.69) is 50.3 Å². The van der Waals surface area contributed by atoms with Gasteiger partial charge in [0.05, 0.1) is 0 Å². The molecule has 2 bridgehead atoms. The second-order valence-electron chi connectivity index (χ2n) is 4.74. The van der Waals surface area contributed by atoms with Crippen molar-refractivity contribution in [2.45, 2.75) is 25.4 Å². The van der Waals surface area contributed by atoms with E-state index in [0.717, 1.165) is 0 Å². The molecule has 0 amide bonds. The van der Waals surface area contributed by atoms with Crippen molar-refractivity contribution in [1.29, 1.82) is 0 Å². The third-order valence-corrected chi connectivity index (χ3v) is 3.94. The molecule has 0 saturated carbocycles. The zero-order valence-corrected chi connectivity index (χ0v) is 9.95. The summed E-state index contributed by atoms with van der Waals surface area (Å²) < 4.78 is 5.83. The van der Waals surface area contributed by atoms with Crippen LogP contribution < -0.4 is 0 Å². The van der Waals surface area contributed by atoms with E-state index in [1.165, 1.54) is 22.3 Å². The minimum atomic E-state index is -0.310. The van der Waals surface area contributed by atoms with Gasteiger partial charge in [-0.1, -0.05) is 35.9 Å². The maximum atomic E-state index is 5.83. The van der Waals surface area contributed by atoms with Gasteiger partial charge in [-0.15, -0.1) is 0 Å². The monoisotopic (exact) mass is 212 g/mol. The highest BCUT2D eigenvalue weighted by atomic mass is 16.5. The van der Waals surface area contributed by atoms with E-state index < -0.39 is 0 Å². The molecule has 4 rings (SSSR count). The molecule has 0 N–H and O–H groups in total. The van der Waals surface area contributed by atoms with Crippen LogP contribution in [0.25, 0.3) is 0 Å². The summed E-state index contributed by atoms with van der Waals surface area (Å²) in [6.45, 7) is 4.35. The number of benzene rings is 1. The molecule has 2 unspecified atom stereocenters. The van der Waals surface area contributed by atoms with E-state index in [1.807, 2.05) is 0 Å². The van der Waals surface area contributed by atoms with E-state index in [4.69, 9.17) is 4.74 Å². The van der Waals surface area contributed by atoms with Gasteiger partial charge in [-0.2, -0.15) is 0 Å². The summed E-state index contributed by atoms with van der Waals surface area (Å²) in [5.74, 6) is 0.452. The summed E-state index contributed by atoms with van der Waals surface area (Å²) in [7, 11) is 1.80. The topological polar surface area (TPSA) is 9.23 Å². The first-order valence-corrected chi connectivity index (χ1v) is 5.72. The number of ether oxygens (including phenoxy) is 1. The predicted octanol–water partition coefficient (Wildman–Crippen LogP) is 3.53. The highest BCUT2D eigenvalue weighted by Gasteiger charge is 2.43. The van der Waals surface area contributed by atoms with Crippen molar-refractivity contribution in [2.75, 3.05) is 7.11 Å². The quantitative estimate of drug-likeness (QED) is 0.647. The third-order valence-electron chi connectivity index (χ3n) is 3.94. The van der Waals surface area contributed by atoms with E-state index >= 15 is 0 Å². The summed E-state index contributed by atoms with van der Waals surface area (Å²) in [6.07, 6.45) is 4.61. The average molecular weight is 212 g/mol. The number of hydrogen-bond donors (Lipinski definition) is 0. The summed E-state index contributed by atoms with van der Waals surface area (Å²) >= 11 is 0. The van der Waals surface area contributed by atoms with Crippen molar-refractivity contribution >= 4 is 0 Å². The first-order valence-electron chi connectivity index (χ1n) is 5.72. The van der Waals surface area contributed by atoms with Gasteiger partial charge < -0.3 is 4.74 Å². The fraction of sp³-hybridized carbons (Fsp3) is 0.333. The second-order valence-corrected chi connectivity index (χ2v) is 4.74. The van der Waals surface area contributed by atoms with Crippen molar-refractivity contribution in [3.63, 3.8) is 0 Å². The van der Waals surface area contributed by atoms with Crippen molar-refractivity contribution < 1.29 is 4.74 Å². The van der Waals surface area contributed by atoms with Gasteiger partial charge in [-0.3, -0.25) is 0 Å². The van der Waals surface area contributed by atoms with Crippen molar-refractivity contribution in [3.05, 3.63) is 58.7 Å². The molecule has 3 aliphatic carbocycles. The lowest BCUT2D eigenvalue weighted by Gasteiger charge is -2.44. The molecule has 0 spiro atoms. The minimum Gasteiger partial charge on any atom is -0.365 e. The molecular weight excluding hydrogens is 196 g/mol. The van der Waals surface area contributed by atoms with Crippen LogP contribution in [0.5, 0.6) is 0 Å². The summed E-state index contributed by atoms with van der Waals surface area (Å²) in [5.41, 5.74) is 5.11. The lowest BCUT2D eigenvalue weighted by atomic mass is 9.66.